The molecule has 1 saturated heterocycles. The number of fused-ring (bicyclic) bond motifs is 3. The highest BCUT2D eigenvalue weighted by Crippen LogP contribution is 2.50. The van der Waals surface area contributed by atoms with E-state index < -0.39 is 5.60 Å². The topological polar surface area (TPSA) is 32.3 Å². The number of hydrogen-bond donors (Lipinski definition) is 2. The van der Waals surface area contributed by atoms with E-state index in [0.717, 1.165) is 30.5 Å². The first kappa shape index (κ1) is 11.2. The lowest BCUT2D eigenvalue weighted by atomic mass is 9.83. The van der Waals surface area contributed by atoms with Gasteiger partial charge in [0.05, 0.1) is 0 Å². The van der Waals surface area contributed by atoms with E-state index in [-0.39, 0.29) is 6.04 Å². The van der Waals surface area contributed by atoms with Crippen molar-refractivity contribution >= 4 is 0 Å². The summed E-state index contributed by atoms with van der Waals surface area (Å²) >= 11 is 0. The Balaban J connectivity index is 2.00. The van der Waals surface area contributed by atoms with Crippen molar-refractivity contribution in [3.8, 4) is 11.1 Å². The summed E-state index contributed by atoms with van der Waals surface area (Å²) in [7, 11) is 0. The average molecular weight is 251 g/mol. The van der Waals surface area contributed by atoms with E-state index in [2.05, 4.69) is 29.6 Å². The van der Waals surface area contributed by atoms with E-state index in [1.807, 2.05) is 24.3 Å². The lowest BCUT2D eigenvalue weighted by molar-refractivity contribution is 0.0488. The molecule has 1 fully saturated rings. The molecule has 0 saturated carbocycles. The molecule has 0 bridgehead atoms. The summed E-state index contributed by atoms with van der Waals surface area (Å²) in [5, 5.41) is 14.9. The third-order valence-corrected chi connectivity index (χ3v) is 4.53. The molecule has 2 aliphatic rings. The molecule has 0 unspecified atom stereocenters. The molecule has 1 atom stereocenters. The Bertz CT molecular complexity index is 583. The molecular weight excluding hydrogens is 234 g/mol. The van der Waals surface area contributed by atoms with Gasteiger partial charge < -0.3 is 10.4 Å². The maximum absolute atomic E-state index is 11.4. The largest absolute Gasteiger partial charge is 0.379 e. The van der Waals surface area contributed by atoms with Crippen LogP contribution in [0.15, 0.2) is 48.5 Å². The SMILES string of the molecule is OC1([C@H]2CCCN2)c2ccccc2-c2ccccc21. The molecule has 2 nitrogen and oxygen atoms in total. The zero-order valence-corrected chi connectivity index (χ0v) is 10.8. The van der Waals surface area contributed by atoms with Gasteiger partial charge in [-0.15, -0.1) is 0 Å². The Kier molecular flexibility index (Phi) is 2.32. The Morgan fingerprint density at radius 1 is 0.947 bits per heavy atom. The van der Waals surface area contributed by atoms with Crippen molar-refractivity contribution in [2.24, 2.45) is 0 Å². The fourth-order valence-corrected chi connectivity index (χ4v) is 3.66. The summed E-state index contributed by atoms with van der Waals surface area (Å²) in [6, 6.07) is 16.6. The highest BCUT2D eigenvalue weighted by atomic mass is 16.3. The summed E-state index contributed by atoms with van der Waals surface area (Å²) < 4.78 is 0. The molecule has 2 N–H and O–H groups in total. The number of benzene rings is 2. The minimum atomic E-state index is -0.871. The second kappa shape index (κ2) is 3.92. The van der Waals surface area contributed by atoms with Crippen LogP contribution in [0.4, 0.5) is 0 Å². The quantitative estimate of drug-likeness (QED) is 0.816. The maximum Gasteiger partial charge on any atom is 0.131 e. The zero-order valence-electron chi connectivity index (χ0n) is 10.8. The van der Waals surface area contributed by atoms with E-state index >= 15 is 0 Å². The molecule has 4 rings (SSSR count). The van der Waals surface area contributed by atoms with E-state index in [9.17, 15) is 5.11 Å². The van der Waals surface area contributed by atoms with E-state index in [0.29, 0.717) is 0 Å². The van der Waals surface area contributed by atoms with Crippen LogP contribution in [-0.4, -0.2) is 17.7 Å². The van der Waals surface area contributed by atoms with E-state index in [1.165, 1.54) is 11.1 Å². The molecule has 0 radical (unpaired) electrons. The molecule has 0 amide bonds. The average Bonchev–Trinajstić information content (AvgIpc) is 3.08. The predicted molar refractivity (Wildman–Crippen MR) is 75.9 cm³/mol. The van der Waals surface area contributed by atoms with Gasteiger partial charge in [0.2, 0.25) is 0 Å². The lowest BCUT2D eigenvalue weighted by Gasteiger charge is -2.32. The van der Waals surface area contributed by atoms with Crippen molar-refractivity contribution < 1.29 is 5.11 Å². The van der Waals surface area contributed by atoms with Gasteiger partial charge >= 0.3 is 0 Å². The number of aliphatic hydroxyl groups is 1. The Morgan fingerprint density at radius 3 is 2.05 bits per heavy atom. The molecular formula is C17H17NO. The zero-order chi connectivity index (χ0) is 12.9. The van der Waals surface area contributed by atoms with E-state index in [1.54, 1.807) is 0 Å². The summed E-state index contributed by atoms with van der Waals surface area (Å²) in [5.41, 5.74) is 3.58. The highest BCUT2D eigenvalue weighted by Gasteiger charge is 2.47. The normalized spacial score (nSPS) is 23.1. The van der Waals surface area contributed by atoms with Crippen LogP contribution in [0.5, 0.6) is 0 Å². The smallest absolute Gasteiger partial charge is 0.131 e. The first-order valence-corrected chi connectivity index (χ1v) is 6.97. The van der Waals surface area contributed by atoms with Crippen molar-refractivity contribution in [3.63, 3.8) is 0 Å². The first-order chi connectivity index (χ1) is 9.32. The van der Waals surface area contributed by atoms with Gasteiger partial charge in [0, 0.05) is 6.04 Å². The van der Waals surface area contributed by atoms with Crippen LogP contribution in [0.2, 0.25) is 0 Å². The highest BCUT2D eigenvalue weighted by molar-refractivity contribution is 5.80. The van der Waals surface area contributed by atoms with Crippen LogP contribution in [-0.2, 0) is 5.60 Å². The molecule has 1 aliphatic carbocycles. The van der Waals surface area contributed by atoms with Gasteiger partial charge in [-0.25, -0.2) is 0 Å². The molecule has 2 aromatic rings. The standard InChI is InChI=1S/C17H17NO/c19-17(16-10-5-11-18-16)14-8-3-1-6-12(14)13-7-2-4-9-15(13)17/h1-4,6-9,16,18-19H,5,10-11H2/t16-/m1/s1. The van der Waals surface area contributed by atoms with E-state index in [4.69, 9.17) is 0 Å². The number of nitrogens with one attached hydrogen (secondary N) is 1. The molecule has 19 heavy (non-hydrogen) atoms. The van der Waals surface area contributed by atoms with Crippen molar-refractivity contribution in [2.45, 2.75) is 24.5 Å². The second-order valence-corrected chi connectivity index (χ2v) is 5.51. The Labute approximate surface area is 113 Å². The summed E-state index contributed by atoms with van der Waals surface area (Å²) in [6.45, 7) is 0.997. The van der Waals surface area contributed by atoms with Gasteiger partial charge in [0.15, 0.2) is 0 Å². The van der Waals surface area contributed by atoms with Crippen LogP contribution in [0.1, 0.15) is 24.0 Å². The predicted octanol–water partition coefficient (Wildman–Crippen LogP) is 2.65. The summed E-state index contributed by atoms with van der Waals surface area (Å²) in [6.07, 6.45) is 2.16. The van der Waals surface area contributed by atoms with Crippen molar-refractivity contribution in [1.29, 1.82) is 0 Å². The van der Waals surface area contributed by atoms with Gasteiger partial charge in [-0.3, -0.25) is 0 Å². The molecule has 1 aliphatic heterocycles. The fraction of sp³-hybridized carbons (Fsp3) is 0.294. The second-order valence-electron chi connectivity index (χ2n) is 5.51. The van der Waals surface area contributed by atoms with Gasteiger partial charge in [-0.05, 0) is 41.6 Å². The van der Waals surface area contributed by atoms with Crippen LogP contribution in [0, 0.1) is 0 Å². The van der Waals surface area contributed by atoms with Crippen LogP contribution in [0.25, 0.3) is 11.1 Å². The van der Waals surface area contributed by atoms with Crippen molar-refractivity contribution in [2.75, 3.05) is 6.54 Å². The van der Waals surface area contributed by atoms with Crippen LogP contribution >= 0.6 is 0 Å². The van der Waals surface area contributed by atoms with Crippen LogP contribution in [0.3, 0.4) is 0 Å². The molecule has 0 aromatic heterocycles. The third kappa shape index (κ3) is 1.38. The molecule has 0 spiro atoms. The summed E-state index contributed by atoms with van der Waals surface area (Å²) in [4.78, 5) is 0. The molecule has 96 valence electrons. The Morgan fingerprint density at radius 2 is 1.53 bits per heavy atom. The Hall–Kier alpha value is -1.64. The maximum atomic E-state index is 11.4. The van der Waals surface area contributed by atoms with Crippen molar-refractivity contribution in [3.05, 3.63) is 59.7 Å². The number of rotatable bonds is 1. The molecule has 2 aromatic carbocycles. The summed E-state index contributed by atoms with van der Waals surface area (Å²) in [5.74, 6) is 0. The van der Waals surface area contributed by atoms with Crippen LogP contribution < -0.4 is 5.32 Å². The number of hydrogen-bond acceptors (Lipinski definition) is 2. The minimum absolute atomic E-state index is 0.123. The van der Waals surface area contributed by atoms with Gasteiger partial charge in [-0.1, -0.05) is 48.5 Å². The molecule has 1 heterocycles. The molecule has 2 heteroatoms. The monoisotopic (exact) mass is 251 g/mol. The van der Waals surface area contributed by atoms with Crippen molar-refractivity contribution in [1.82, 2.24) is 5.32 Å². The van der Waals surface area contributed by atoms with Gasteiger partial charge in [-0.2, -0.15) is 0 Å². The van der Waals surface area contributed by atoms with Gasteiger partial charge in [0.1, 0.15) is 5.60 Å². The van der Waals surface area contributed by atoms with Gasteiger partial charge in [0.25, 0.3) is 0 Å². The lowest BCUT2D eigenvalue weighted by Crippen LogP contribution is -2.44. The fourth-order valence-electron chi connectivity index (χ4n) is 3.66. The minimum Gasteiger partial charge on any atom is -0.379 e. The first-order valence-electron chi connectivity index (χ1n) is 6.97. The third-order valence-electron chi connectivity index (χ3n) is 4.53.